The average molecular weight is 470 g/mol. The monoisotopic (exact) mass is 470 g/mol. The lowest BCUT2D eigenvalue weighted by Crippen LogP contribution is -2.38. The van der Waals surface area contributed by atoms with Crippen LogP contribution in [0.1, 0.15) is 24.8 Å². The number of carbonyl (C=O) groups excluding carboxylic acids is 1. The molecule has 1 saturated heterocycles. The number of carbonyl (C=O) groups is 1. The van der Waals surface area contributed by atoms with Crippen LogP contribution in [-0.2, 0) is 11.0 Å². The van der Waals surface area contributed by atoms with Gasteiger partial charge in [-0.3, -0.25) is 4.79 Å². The van der Waals surface area contributed by atoms with Crippen LogP contribution < -0.4 is 15.4 Å². The van der Waals surface area contributed by atoms with Gasteiger partial charge in [-0.15, -0.1) is 5.10 Å². The van der Waals surface area contributed by atoms with Crippen LogP contribution in [0, 0.1) is 0 Å². The predicted octanol–water partition coefficient (Wildman–Crippen LogP) is 4.05. The summed E-state index contributed by atoms with van der Waals surface area (Å²) >= 11 is 0. The number of nitrogens with zero attached hydrogens (tertiary/aromatic N) is 4. The summed E-state index contributed by atoms with van der Waals surface area (Å²) in [5, 5.41) is 10.9. The molecule has 4 aromatic rings. The number of amides is 1. The lowest BCUT2D eigenvalue weighted by Gasteiger charge is -2.17. The fourth-order valence-corrected chi connectivity index (χ4v) is 3.97. The number of methoxy groups -OCH3 is 1. The minimum atomic E-state index is -4.52. The van der Waals surface area contributed by atoms with Crippen molar-refractivity contribution >= 4 is 28.4 Å². The summed E-state index contributed by atoms with van der Waals surface area (Å²) in [5.74, 6) is 0.995. The van der Waals surface area contributed by atoms with Crippen molar-refractivity contribution in [2.75, 3.05) is 19.0 Å². The fraction of sp³-hybridized carbons (Fsp3) is 0.304. The summed E-state index contributed by atoms with van der Waals surface area (Å²) in [6.45, 7) is 0.581. The van der Waals surface area contributed by atoms with Gasteiger partial charge in [-0.25, -0.2) is 9.97 Å². The third kappa shape index (κ3) is 4.09. The number of rotatable bonds is 4. The second-order valence-electron chi connectivity index (χ2n) is 8.05. The van der Waals surface area contributed by atoms with Gasteiger partial charge >= 0.3 is 6.18 Å². The van der Waals surface area contributed by atoms with Crippen molar-refractivity contribution in [2.45, 2.75) is 31.5 Å². The van der Waals surface area contributed by atoms with Gasteiger partial charge in [0.25, 0.3) is 0 Å². The van der Waals surface area contributed by atoms with Gasteiger partial charge in [-0.1, -0.05) is 0 Å². The maximum absolute atomic E-state index is 13.3. The van der Waals surface area contributed by atoms with Crippen molar-refractivity contribution in [1.29, 1.82) is 0 Å². The first-order chi connectivity index (χ1) is 16.3. The summed E-state index contributed by atoms with van der Waals surface area (Å²) in [4.78, 5) is 21.5. The summed E-state index contributed by atoms with van der Waals surface area (Å²) in [5.41, 5.74) is 0.321. The molecule has 1 atom stereocenters. The predicted molar refractivity (Wildman–Crippen MR) is 120 cm³/mol. The molecule has 0 bridgehead atoms. The fourth-order valence-electron chi connectivity index (χ4n) is 3.97. The zero-order valence-electron chi connectivity index (χ0n) is 18.2. The van der Waals surface area contributed by atoms with Crippen molar-refractivity contribution in [2.24, 2.45) is 0 Å². The summed E-state index contributed by atoms with van der Waals surface area (Å²) in [7, 11) is 1.56. The molecule has 2 N–H and O–H groups in total. The van der Waals surface area contributed by atoms with E-state index in [0.717, 1.165) is 25.0 Å². The van der Waals surface area contributed by atoms with Gasteiger partial charge in [0, 0.05) is 17.5 Å². The van der Waals surface area contributed by atoms with E-state index < -0.39 is 17.8 Å². The third-order valence-electron chi connectivity index (χ3n) is 5.79. The lowest BCUT2D eigenvalue weighted by atomic mass is 10.1. The zero-order chi connectivity index (χ0) is 23.9. The zero-order valence-corrected chi connectivity index (χ0v) is 18.2. The molecule has 3 heterocycles. The highest BCUT2D eigenvalue weighted by atomic mass is 19.4. The van der Waals surface area contributed by atoms with E-state index in [1.807, 2.05) is 0 Å². The van der Waals surface area contributed by atoms with Crippen molar-refractivity contribution in [3.63, 3.8) is 0 Å². The van der Waals surface area contributed by atoms with Crippen LogP contribution in [0.25, 0.3) is 27.9 Å². The highest BCUT2D eigenvalue weighted by molar-refractivity contribution is 5.94. The van der Waals surface area contributed by atoms with Gasteiger partial charge in [-0.2, -0.15) is 17.7 Å². The molecule has 1 amide bonds. The molecule has 0 aliphatic carbocycles. The van der Waals surface area contributed by atoms with Gasteiger partial charge in [0.1, 0.15) is 11.8 Å². The van der Waals surface area contributed by atoms with Crippen LogP contribution in [-0.4, -0.2) is 45.2 Å². The SMILES string of the molecule is COc1ccc(-c2nc3c4ccc(C(F)(F)F)cc4nc(N[C@@H]4CCCCNC4=O)n3n2)cc1. The first-order valence-electron chi connectivity index (χ1n) is 10.8. The molecule has 0 spiro atoms. The Morgan fingerprint density at radius 3 is 2.65 bits per heavy atom. The number of alkyl halides is 3. The number of aromatic nitrogens is 4. The maximum Gasteiger partial charge on any atom is 0.416 e. The highest BCUT2D eigenvalue weighted by Crippen LogP contribution is 2.33. The summed E-state index contributed by atoms with van der Waals surface area (Å²) in [6.07, 6.45) is -2.28. The molecule has 2 aromatic heterocycles. The van der Waals surface area contributed by atoms with Gasteiger partial charge in [0.2, 0.25) is 11.9 Å². The molecule has 1 fully saturated rings. The number of hydrogen-bond acceptors (Lipinski definition) is 6. The summed E-state index contributed by atoms with van der Waals surface area (Å²) < 4.78 is 46.7. The topological polar surface area (TPSA) is 93.4 Å². The Balaban J connectivity index is 1.67. The highest BCUT2D eigenvalue weighted by Gasteiger charge is 2.31. The average Bonchev–Trinajstić information content (AvgIpc) is 3.18. The Morgan fingerprint density at radius 1 is 1.12 bits per heavy atom. The van der Waals surface area contributed by atoms with Crippen LogP contribution >= 0.6 is 0 Å². The van der Waals surface area contributed by atoms with Crippen LogP contribution in [0.3, 0.4) is 0 Å². The van der Waals surface area contributed by atoms with Crippen molar-refractivity contribution in [3.8, 4) is 17.1 Å². The van der Waals surface area contributed by atoms with Crippen LogP contribution in [0.15, 0.2) is 42.5 Å². The van der Waals surface area contributed by atoms with Gasteiger partial charge in [0.05, 0.1) is 18.2 Å². The Morgan fingerprint density at radius 2 is 1.91 bits per heavy atom. The minimum absolute atomic E-state index is 0.104. The number of nitrogens with one attached hydrogen (secondary N) is 2. The van der Waals surface area contributed by atoms with E-state index in [0.29, 0.717) is 41.1 Å². The quantitative estimate of drug-likeness (QED) is 0.468. The number of ether oxygens (including phenoxy) is 1. The molecule has 11 heteroatoms. The number of hydrogen-bond donors (Lipinski definition) is 2. The van der Waals surface area contributed by atoms with E-state index in [2.05, 4.69) is 25.7 Å². The number of benzene rings is 2. The molecular formula is C23H21F3N6O2. The molecule has 176 valence electrons. The summed E-state index contributed by atoms with van der Waals surface area (Å²) in [6, 6.07) is 9.84. The largest absolute Gasteiger partial charge is 0.497 e. The normalized spacial score (nSPS) is 16.9. The molecule has 0 radical (unpaired) electrons. The second-order valence-corrected chi connectivity index (χ2v) is 8.05. The van der Waals surface area contributed by atoms with Gasteiger partial charge in [0.15, 0.2) is 11.5 Å². The van der Waals surface area contributed by atoms with Crippen LogP contribution in [0.4, 0.5) is 19.1 Å². The lowest BCUT2D eigenvalue weighted by molar-refractivity contribution is -0.137. The molecule has 0 unspecified atom stereocenters. The smallest absolute Gasteiger partial charge is 0.416 e. The second kappa shape index (κ2) is 8.47. The van der Waals surface area contributed by atoms with E-state index in [9.17, 15) is 18.0 Å². The Hall–Kier alpha value is -3.89. The maximum atomic E-state index is 13.3. The van der Waals surface area contributed by atoms with Crippen LogP contribution in [0.2, 0.25) is 0 Å². The van der Waals surface area contributed by atoms with Crippen molar-refractivity contribution < 1.29 is 22.7 Å². The van der Waals surface area contributed by atoms with E-state index >= 15 is 0 Å². The Bertz CT molecular complexity index is 1370. The Labute approximate surface area is 192 Å². The van der Waals surface area contributed by atoms with E-state index in [-0.39, 0.29) is 17.4 Å². The molecular weight excluding hydrogens is 449 g/mol. The molecule has 1 aliphatic heterocycles. The molecule has 2 aromatic carbocycles. The minimum Gasteiger partial charge on any atom is -0.497 e. The Kier molecular flexibility index (Phi) is 5.46. The number of anilines is 1. The molecule has 0 saturated carbocycles. The standard InChI is InChI=1S/C23H21F3N6O2/c1-34-15-8-5-13(6-9-15)19-30-20-16-10-7-14(23(24,25)26)12-18(16)29-22(32(20)31-19)28-17-4-2-3-11-27-21(17)33/h5-10,12,17H,2-4,11H2,1H3,(H,27,33)(H,28,29)/t17-/m1/s1. The molecule has 5 rings (SSSR count). The van der Waals surface area contributed by atoms with Crippen LogP contribution in [0.5, 0.6) is 5.75 Å². The van der Waals surface area contributed by atoms with E-state index in [1.165, 1.54) is 10.6 Å². The number of fused-ring (bicyclic) bond motifs is 3. The van der Waals surface area contributed by atoms with Crippen molar-refractivity contribution in [1.82, 2.24) is 24.9 Å². The molecule has 8 nitrogen and oxygen atoms in total. The molecule has 1 aliphatic rings. The van der Waals surface area contributed by atoms with E-state index in [1.54, 1.807) is 31.4 Å². The number of halogens is 3. The van der Waals surface area contributed by atoms with Gasteiger partial charge in [-0.05, 0) is 61.7 Å². The first kappa shape index (κ1) is 21.9. The van der Waals surface area contributed by atoms with Crippen molar-refractivity contribution in [3.05, 3.63) is 48.0 Å². The van der Waals surface area contributed by atoms with Gasteiger partial charge < -0.3 is 15.4 Å². The third-order valence-corrected chi connectivity index (χ3v) is 5.79. The first-order valence-corrected chi connectivity index (χ1v) is 10.8. The molecule has 34 heavy (non-hydrogen) atoms. The van der Waals surface area contributed by atoms with E-state index in [4.69, 9.17) is 4.74 Å².